The molecule has 1 unspecified atom stereocenters. The summed E-state index contributed by atoms with van der Waals surface area (Å²) in [4.78, 5) is 50.2. The molecular weight excluding hydrogens is 480 g/mol. The molecule has 3 aromatic rings. The van der Waals surface area contributed by atoms with Crippen molar-refractivity contribution in [3.8, 4) is 5.75 Å². The van der Waals surface area contributed by atoms with Gasteiger partial charge in [0.1, 0.15) is 11.5 Å². The van der Waals surface area contributed by atoms with E-state index in [9.17, 15) is 29.6 Å². The molecule has 10 heteroatoms. The largest absolute Gasteiger partial charge is 0.507 e. The van der Waals surface area contributed by atoms with Gasteiger partial charge in [-0.1, -0.05) is 12.1 Å². The Balaban J connectivity index is 1.85. The minimum absolute atomic E-state index is 0.139. The summed E-state index contributed by atoms with van der Waals surface area (Å²) in [5, 5.41) is 22.1. The number of carbonyl (C=O) groups excluding carboxylic acids is 3. The van der Waals surface area contributed by atoms with Crippen molar-refractivity contribution in [3.63, 3.8) is 0 Å². The molecule has 3 aromatic carbocycles. The zero-order valence-electron chi connectivity index (χ0n) is 19.9. The van der Waals surface area contributed by atoms with E-state index >= 15 is 0 Å². The zero-order chi connectivity index (χ0) is 26.7. The lowest BCUT2D eigenvalue weighted by Gasteiger charge is -2.25. The Morgan fingerprint density at radius 1 is 0.973 bits per heavy atom. The molecule has 1 fully saturated rings. The number of hydrogen-bond acceptors (Lipinski definition) is 8. The number of ketones is 1. The molecule has 0 spiro atoms. The van der Waals surface area contributed by atoms with Crippen molar-refractivity contribution in [2.45, 2.75) is 13.0 Å². The number of aliphatic hydroxyl groups is 1. The number of anilines is 1. The number of carbonyl (C=O) groups is 3. The topological polar surface area (TPSA) is 136 Å². The van der Waals surface area contributed by atoms with Crippen LogP contribution in [0.15, 0.2) is 78.4 Å². The molecule has 0 radical (unpaired) electrons. The van der Waals surface area contributed by atoms with Gasteiger partial charge in [0.2, 0.25) is 0 Å². The highest BCUT2D eigenvalue weighted by atomic mass is 16.6. The third-order valence-corrected chi connectivity index (χ3v) is 5.88. The van der Waals surface area contributed by atoms with E-state index in [2.05, 4.69) is 0 Å². The Morgan fingerprint density at radius 2 is 1.57 bits per heavy atom. The maximum absolute atomic E-state index is 13.2. The van der Waals surface area contributed by atoms with Crippen molar-refractivity contribution in [2.75, 3.05) is 18.6 Å². The lowest BCUT2D eigenvalue weighted by molar-refractivity contribution is -0.384. The lowest BCUT2D eigenvalue weighted by atomic mass is 9.95. The Morgan fingerprint density at radius 3 is 2.11 bits per heavy atom. The Labute approximate surface area is 211 Å². The predicted molar refractivity (Wildman–Crippen MR) is 133 cm³/mol. The number of rotatable bonds is 7. The Kier molecular flexibility index (Phi) is 7.01. The standard InChI is InChI=1S/C27H22N2O8/c1-3-37-27(33)18-6-10-19(11-7-18)28-23(16-8-14-21(36-2)15-9-16)22(25(31)26(28)32)24(30)17-4-12-20(13-5-17)29(34)35/h4-15,23,30H,3H2,1-2H3. The van der Waals surface area contributed by atoms with E-state index < -0.39 is 34.4 Å². The summed E-state index contributed by atoms with van der Waals surface area (Å²) in [6.45, 7) is 1.89. The van der Waals surface area contributed by atoms with Gasteiger partial charge in [0.05, 0.1) is 35.8 Å². The highest BCUT2D eigenvalue weighted by Gasteiger charge is 2.47. The molecule has 1 saturated heterocycles. The highest BCUT2D eigenvalue weighted by molar-refractivity contribution is 6.51. The van der Waals surface area contributed by atoms with Crippen LogP contribution in [0.1, 0.15) is 34.5 Å². The smallest absolute Gasteiger partial charge is 0.338 e. The fourth-order valence-electron chi connectivity index (χ4n) is 4.07. The number of non-ortho nitro benzene ring substituents is 1. The minimum Gasteiger partial charge on any atom is -0.507 e. The number of Topliss-reactive ketones (excluding diaryl/α,β-unsaturated/α-hetero) is 1. The molecule has 10 nitrogen and oxygen atoms in total. The van der Waals surface area contributed by atoms with Crippen molar-refractivity contribution in [2.24, 2.45) is 0 Å². The highest BCUT2D eigenvalue weighted by Crippen LogP contribution is 2.42. The molecule has 0 aliphatic carbocycles. The maximum Gasteiger partial charge on any atom is 0.338 e. The minimum atomic E-state index is -1.02. The van der Waals surface area contributed by atoms with Crippen LogP contribution >= 0.6 is 0 Å². The van der Waals surface area contributed by atoms with Crippen molar-refractivity contribution < 1.29 is 33.9 Å². The molecule has 1 aliphatic rings. The second-order valence-electron chi connectivity index (χ2n) is 8.01. The quantitative estimate of drug-likeness (QED) is 0.125. The summed E-state index contributed by atoms with van der Waals surface area (Å²) in [6, 6.07) is 16.6. The van der Waals surface area contributed by atoms with E-state index in [1.807, 2.05) is 0 Å². The first kappa shape index (κ1) is 25.1. The number of nitrogens with zero attached hydrogens (tertiary/aromatic N) is 2. The van der Waals surface area contributed by atoms with Gasteiger partial charge in [-0.05, 0) is 61.0 Å². The molecule has 0 aromatic heterocycles. The van der Waals surface area contributed by atoms with Crippen LogP contribution in [0, 0.1) is 10.1 Å². The van der Waals surface area contributed by atoms with Gasteiger partial charge in [-0.15, -0.1) is 0 Å². The molecule has 1 atom stereocenters. The second-order valence-corrected chi connectivity index (χ2v) is 8.01. The molecule has 1 N–H and O–H groups in total. The fraction of sp³-hybridized carbons (Fsp3) is 0.148. The van der Waals surface area contributed by atoms with Gasteiger partial charge in [0.15, 0.2) is 0 Å². The lowest BCUT2D eigenvalue weighted by Crippen LogP contribution is -2.29. The summed E-state index contributed by atoms with van der Waals surface area (Å²) in [7, 11) is 1.50. The van der Waals surface area contributed by atoms with Crippen LogP contribution in [0.25, 0.3) is 5.76 Å². The molecule has 4 rings (SSSR count). The van der Waals surface area contributed by atoms with Gasteiger partial charge < -0.3 is 14.6 Å². The van der Waals surface area contributed by atoms with Crippen LogP contribution in [0.2, 0.25) is 0 Å². The van der Waals surface area contributed by atoms with Gasteiger partial charge >= 0.3 is 5.97 Å². The van der Waals surface area contributed by atoms with Crippen molar-refractivity contribution >= 4 is 34.8 Å². The van der Waals surface area contributed by atoms with Crippen molar-refractivity contribution in [3.05, 3.63) is 105 Å². The Hall–Kier alpha value is -4.99. The van der Waals surface area contributed by atoms with E-state index in [0.717, 1.165) is 0 Å². The van der Waals surface area contributed by atoms with Gasteiger partial charge in [-0.3, -0.25) is 24.6 Å². The van der Waals surface area contributed by atoms with Crippen molar-refractivity contribution in [1.82, 2.24) is 0 Å². The number of hydrogen-bond donors (Lipinski definition) is 1. The van der Waals surface area contributed by atoms with E-state index in [1.54, 1.807) is 31.2 Å². The molecule has 1 amide bonds. The predicted octanol–water partition coefficient (Wildman–Crippen LogP) is 4.41. The average Bonchev–Trinajstić information content (AvgIpc) is 3.18. The van der Waals surface area contributed by atoms with E-state index in [0.29, 0.717) is 17.0 Å². The summed E-state index contributed by atoms with van der Waals surface area (Å²) in [6.07, 6.45) is 0. The van der Waals surface area contributed by atoms with Crippen LogP contribution in [0.5, 0.6) is 5.75 Å². The SMILES string of the molecule is CCOC(=O)c1ccc(N2C(=O)C(=O)C(=C(O)c3ccc([N+](=O)[O-])cc3)C2c2ccc(OC)cc2)cc1. The number of methoxy groups -OCH3 is 1. The summed E-state index contributed by atoms with van der Waals surface area (Å²) in [5.41, 5.74) is 0.870. The zero-order valence-corrected chi connectivity index (χ0v) is 19.9. The number of ether oxygens (including phenoxy) is 2. The first-order valence-electron chi connectivity index (χ1n) is 11.2. The third kappa shape index (κ3) is 4.76. The number of nitro benzene ring substituents is 1. The van der Waals surface area contributed by atoms with E-state index in [4.69, 9.17) is 9.47 Å². The number of esters is 1. The van der Waals surface area contributed by atoms with Gasteiger partial charge in [-0.2, -0.15) is 0 Å². The van der Waals surface area contributed by atoms with Crippen LogP contribution in [-0.4, -0.2) is 41.4 Å². The maximum atomic E-state index is 13.2. The fourth-order valence-corrected chi connectivity index (χ4v) is 4.07. The number of amides is 1. The number of nitro groups is 1. The van der Waals surface area contributed by atoms with Crippen LogP contribution in [0.4, 0.5) is 11.4 Å². The first-order chi connectivity index (χ1) is 17.8. The second kappa shape index (κ2) is 10.3. The summed E-state index contributed by atoms with van der Waals surface area (Å²) in [5.74, 6) is -2.25. The third-order valence-electron chi connectivity index (χ3n) is 5.88. The number of benzene rings is 3. The summed E-state index contributed by atoms with van der Waals surface area (Å²) >= 11 is 0. The van der Waals surface area contributed by atoms with Crippen molar-refractivity contribution in [1.29, 1.82) is 0 Å². The van der Waals surface area contributed by atoms with Crippen LogP contribution in [-0.2, 0) is 14.3 Å². The van der Waals surface area contributed by atoms with Gasteiger partial charge in [0, 0.05) is 23.4 Å². The molecule has 1 aliphatic heterocycles. The van der Waals surface area contributed by atoms with Crippen LogP contribution < -0.4 is 9.64 Å². The Bertz CT molecular complexity index is 1390. The van der Waals surface area contributed by atoms with Gasteiger partial charge in [-0.25, -0.2) is 4.79 Å². The normalized spacial score (nSPS) is 16.5. The van der Waals surface area contributed by atoms with E-state index in [-0.39, 0.29) is 29.0 Å². The molecular formula is C27H22N2O8. The molecule has 0 bridgehead atoms. The monoisotopic (exact) mass is 502 g/mol. The van der Waals surface area contributed by atoms with E-state index in [1.165, 1.54) is 60.5 Å². The molecule has 1 heterocycles. The molecule has 0 saturated carbocycles. The van der Waals surface area contributed by atoms with Crippen LogP contribution in [0.3, 0.4) is 0 Å². The van der Waals surface area contributed by atoms with Gasteiger partial charge in [0.25, 0.3) is 17.4 Å². The molecule has 37 heavy (non-hydrogen) atoms. The first-order valence-corrected chi connectivity index (χ1v) is 11.2. The number of aliphatic hydroxyl groups excluding tert-OH is 1. The average molecular weight is 502 g/mol. The summed E-state index contributed by atoms with van der Waals surface area (Å²) < 4.78 is 10.2. The molecule has 188 valence electrons.